The van der Waals surface area contributed by atoms with Gasteiger partial charge in [0.25, 0.3) is 0 Å². The molecule has 17 nitrogen and oxygen atoms in total. The van der Waals surface area contributed by atoms with Gasteiger partial charge in [-0.1, -0.05) is 325 Å². The Morgan fingerprint density at radius 2 is 0.511 bits per heavy atom. The maximum absolute atomic E-state index is 13.1. The summed E-state index contributed by atoms with van der Waals surface area (Å²) in [7, 11) is -9.91. The topological polar surface area (TPSA) is 237 Å². The minimum atomic E-state index is -4.96. The molecule has 0 aromatic carbocycles. The Bertz CT molecular complexity index is 1860. The van der Waals surface area contributed by atoms with E-state index in [-0.39, 0.29) is 25.7 Å². The molecule has 0 bridgehead atoms. The van der Waals surface area contributed by atoms with E-state index in [1.54, 1.807) is 0 Å². The monoisotopic (exact) mass is 1380 g/mol. The Hall–Kier alpha value is -1.94. The molecule has 0 saturated carbocycles. The predicted molar refractivity (Wildman–Crippen MR) is 381 cm³/mol. The standard InChI is InChI=1S/C75H146O17P2/c1-9-66(6)52-44-36-28-20-17-18-21-31-39-47-55-72(77)85-61-70(91-74(79)57-49-41-33-22-16-14-12-13-15-19-27-35-43-51-65(4)5)63-89-93(81,82)87-59-69(76)60-88-94(83,84)90-64-71(92-75(80)58-50-42-34-26-24-30-38-46-54-68(8)11-3)62-86-73(78)56-48-40-32-25-23-29-37-45-53-67(7)10-2/h65-71,76H,9-64H2,1-8H3,(H,81,82)(H,83,84)/t66?,67?,68?,69-,70-,71-/m1/s1. The Morgan fingerprint density at radius 1 is 0.298 bits per heavy atom. The molecule has 0 radical (unpaired) electrons. The zero-order valence-electron chi connectivity index (χ0n) is 61.6. The maximum Gasteiger partial charge on any atom is 0.472 e. The summed E-state index contributed by atoms with van der Waals surface area (Å²) in [6.07, 6.45) is 48.3. The molecule has 0 aliphatic rings. The van der Waals surface area contributed by atoms with E-state index >= 15 is 0 Å². The first-order chi connectivity index (χ1) is 45.2. The second-order valence-electron chi connectivity index (χ2n) is 28.2. The van der Waals surface area contributed by atoms with Gasteiger partial charge in [0.2, 0.25) is 0 Å². The quantitative estimate of drug-likeness (QED) is 0.0222. The fraction of sp³-hybridized carbons (Fsp3) is 0.947. The van der Waals surface area contributed by atoms with Gasteiger partial charge in [0, 0.05) is 25.7 Å². The molecule has 0 aliphatic heterocycles. The number of esters is 4. The van der Waals surface area contributed by atoms with Crippen LogP contribution in [0.1, 0.15) is 376 Å². The third-order valence-electron chi connectivity index (χ3n) is 18.4. The third-order valence-corrected chi connectivity index (χ3v) is 20.3. The zero-order valence-corrected chi connectivity index (χ0v) is 63.4. The van der Waals surface area contributed by atoms with Gasteiger partial charge in [0.1, 0.15) is 19.3 Å². The molecule has 19 heteroatoms. The summed E-state index contributed by atoms with van der Waals surface area (Å²) >= 11 is 0. The largest absolute Gasteiger partial charge is 0.472 e. The molecule has 0 heterocycles. The summed E-state index contributed by atoms with van der Waals surface area (Å²) in [6, 6.07) is 0. The molecular weight excluding hydrogens is 1230 g/mol. The van der Waals surface area contributed by atoms with Crippen LogP contribution in [-0.4, -0.2) is 96.7 Å². The lowest BCUT2D eigenvalue weighted by Crippen LogP contribution is -2.30. The molecule has 0 aliphatic carbocycles. The van der Waals surface area contributed by atoms with Crippen molar-refractivity contribution in [2.24, 2.45) is 23.7 Å². The van der Waals surface area contributed by atoms with Gasteiger partial charge in [-0.25, -0.2) is 9.13 Å². The molecule has 0 spiro atoms. The van der Waals surface area contributed by atoms with E-state index in [1.807, 2.05) is 0 Å². The summed E-state index contributed by atoms with van der Waals surface area (Å²) in [5.41, 5.74) is 0. The minimum absolute atomic E-state index is 0.104. The number of phosphoric ester groups is 2. The molecular formula is C75H146O17P2. The van der Waals surface area contributed by atoms with Crippen molar-refractivity contribution >= 4 is 39.5 Å². The summed E-state index contributed by atoms with van der Waals surface area (Å²) in [5.74, 6) is 1.02. The van der Waals surface area contributed by atoms with E-state index in [2.05, 4.69) is 55.4 Å². The molecule has 558 valence electrons. The van der Waals surface area contributed by atoms with Crippen LogP contribution in [0.25, 0.3) is 0 Å². The summed E-state index contributed by atoms with van der Waals surface area (Å²) in [5, 5.41) is 10.6. The van der Waals surface area contributed by atoms with Crippen LogP contribution in [0.5, 0.6) is 0 Å². The van der Waals surface area contributed by atoms with Crippen LogP contribution >= 0.6 is 15.6 Å². The summed E-state index contributed by atoms with van der Waals surface area (Å²) in [4.78, 5) is 72.8. The number of hydrogen-bond donors (Lipinski definition) is 3. The average molecular weight is 1380 g/mol. The van der Waals surface area contributed by atoms with E-state index in [4.69, 9.17) is 37.0 Å². The average Bonchev–Trinajstić information content (AvgIpc) is 1.69. The number of unbranched alkanes of at least 4 members (excludes halogenated alkanes) is 35. The normalized spacial score (nSPS) is 15.0. The SMILES string of the molecule is CCC(C)CCCCCCCCCCCCC(=O)OC[C@H](COP(=O)(O)OC[C@@H](O)COP(=O)(O)OC[C@@H](COC(=O)CCCCCCCCCCC(C)CC)OC(=O)CCCCCCCCCCC(C)CC)OC(=O)CCCCCCCCCCCCCCCC(C)C. The van der Waals surface area contributed by atoms with Crippen LogP contribution in [0.2, 0.25) is 0 Å². The fourth-order valence-electron chi connectivity index (χ4n) is 11.3. The highest BCUT2D eigenvalue weighted by Gasteiger charge is 2.30. The highest BCUT2D eigenvalue weighted by Crippen LogP contribution is 2.45. The van der Waals surface area contributed by atoms with Crippen molar-refractivity contribution in [3.8, 4) is 0 Å². The number of carbonyl (C=O) groups excluding carboxylic acids is 4. The van der Waals surface area contributed by atoms with Gasteiger partial charge in [0.05, 0.1) is 26.4 Å². The molecule has 0 fully saturated rings. The van der Waals surface area contributed by atoms with Crippen molar-refractivity contribution in [2.45, 2.75) is 395 Å². The van der Waals surface area contributed by atoms with Gasteiger partial charge in [0.15, 0.2) is 12.2 Å². The number of carbonyl (C=O) groups is 4. The zero-order chi connectivity index (χ0) is 69.6. The number of ether oxygens (including phenoxy) is 4. The lowest BCUT2D eigenvalue weighted by Gasteiger charge is -2.21. The Morgan fingerprint density at radius 3 is 0.755 bits per heavy atom. The van der Waals surface area contributed by atoms with Crippen LogP contribution in [0.3, 0.4) is 0 Å². The van der Waals surface area contributed by atoms with Crippen LogP contribution in [-0.2, 0) is 65.4 Å². The number of rotatable bonds is 72. The number of hydrogen-bond acceptors (Lipinski definition) is 15. The molecule has 0 saturated heterocycles. The fourth-order valence-corrected chi connectivity index (χ4v) is 12.9. The molecule has 0 aromatic rings. The van der Waals surface area contributed by atoms with Crippen molar-refractivity contribution in [2.75, 3.05) is 39.6 Å². The smallest absolute Gasteiger partial charge is 0.462 e. The molecule has 0 amide bonds. The first kappa shape index (κ1) is 92.1. The Balaban J connectivity index is 5.28. The maximum atomic E-state index is 13.1. The van der Waals surface area contributed by atoms with Crippen molar-refractivity contribution in [3.05, 3.63) is 0 Å². The van der Waals surface area contributed by atoms with Crippen molar-refractivity contribution in [3.63, 3.8) is 0 Å². The van der Waals surface area contributed by atoms with E-state index in [9.17, 15) is 43.2 Å². The van der Waals surface area contributed by atoms with Crippen molar-refractivity contribution in [1.82, 2.24) is 0 Å². The highest BCUT2D eigenvalue weighted by molar-refractivity contribution is 7.47. The minimum Gasteiger partial charge on any atom is -0.462 e. The molecule has 8 atom stereocenters. The van der Waals surface area contributed by atoms with Gasteiger partial charge in [-0.3, -0.25) is 37.3 Å². The van der Waals surface area contributed by atoms with Gasteiger partial charge < -0.3 is 33.8 Å². The second-order valence-corrected chi connectivity index (χ2v) is 31.1. The number of phosphoric acid groups is 2. The predicted octanol–water partition coefficient (Wildman–Crippen LogP) is 21.7. The van der Waals surface area contributed by atoms with Crippen molar-refractivity contribution < 1.29 is 80.2 Å². The molecule has 0 rings (SSSR count). The Labute approximate surface area is 575 Å². The van der Waals surface area contributed by atoms with E-state index in [0.717, 1.165) is 114 Å². The van der Waals surface area contributed by atoms with Crippen LogP contribution in [0.4, 0.5) is 0 Å². The van der Waals surface area contributed by atoms with Gasteiger partial charge in [-0.2, -0.15) is 0 Å². The van der Waals surface area contributed by atoms with E-state index in [0.29, 0.717) is 25.7 Å². The van der Waals surface area contributed by atoms with Gasteiger partial charge in [-0.15, -0.1) is 0 Å². The van der Waals surface area contributed by atoms with Gasteiger partial charge >= 0.3 is 39.5 Å². The molecule has 5 unspecified atom stereocenters. The molecule has 3 N–H and O–H groups in total. The van der Waals surface area contributed by atoms with E-state index < -0.39 is 97.5 Å². The van der Waals surface area contributed by atoms with Crippen LogP contribution < -0.4 is 0 Å². The second kappa shape index (κ2) is 64.4. The van der Waals surface area contributed by atoms with Crippen LogP contribution in [0, 0.1) is 23.7 Å². The third kappa shape index (κ3) is 64.7. The van der Waals surface area contributed by atoms with Crippen LogP contribution in [0.15, 0.2) is 0 Å². The summed E-state index contributed by atoms with van der Waals surface area (Å²) in [6.45, 7) is 14.2. The highest BCUT2D eigenvalue weighted by atomic mass is 31.2. The lowest BCUT2D eigenvalue weighted by atomic mass is 9.99. The van der Waals surface area contributed by atoms with Crippen molar-refractivity contribution in [1.29, 1.82) is 0 Å². The Kier molecular flexibility index (Phi) is 63.1. The molecule has 0 aromatic heterocycles. The van der Waals surface area contributed by atoms with E-state index in [1.165, 1.54) is 180 Å². The first-order valence-electron chi connectivity index (χ1n) is 38.8. The number of aliphatic hydroxyl groups excluding tert-OH is 1. The first-order valence-corrected chi connectivity index (χ1v) is 41.8. The summed E-state index contributed by atoms with van der Waals surface area (Å²) < 4.78 is 68.5. The number of aliphatic hydroxyl groups is 1. The van der Waals surface area contributed by atoms with Gasteiger partial charge in [-0.05, 0) is 49.4 Å². The lowest BCUT2D eigenvalue weighted by molar-refractivity contribution is -0.161. The molecule has 94 heavy (non-hydrogen) atoms.